The highest BCUT2D eigenvalue weighted by Crippen LogP contribution is 2.30. The fourth-order valence-electron chi connectivity index (χ4n) is 3.76. The van der Waals surface area contributed by atoms with Crippen molar-refractivity contribution in [3.05, 3.63) is 0 Å². The van der Waals surface area contributed by atoms with Crippen LogP contribution in [0.15, 0.2) is 0 Å². The van der Waals surface area contributed by atoms with E-state index in [4.69, 9.17) is 0 Å². The Hall–Kier alpha value is -0.0800. The minimum absolute atomic E-state index is 0.620. The fourth-order valence-corrected chi connectivity index (χ4v) is 3.76. The molecule has 0 amide bonds. The van der Waals surface area contributed by atoms with Crippen molar-refractivity contribution in [2.24, 2.45) is 5.92 Å². The van der Waals surface area contributed by atoms with Gasteiger partial charge < -0.3 is 0 Å². The fraction of sp³-hybridized carbons (Fsp3) is 1.00. The Labute approximate surface area is 127 Å². The lowest BCUT2D eigenvalue weighted by Crippen LogP contribution is -2.52. The average molecular weight is 283 g/mol. The summed E-state index contributed by atoms with van der Waals surface area (Å²) in [5.41, 5.74) is 0. The number of hydrogen-bond acceptors (Lipinski definition) is 2. The van der Waals surface area contributed by atoms with Crippen LogP contribution in [0.3, 0.4) is 0 Å². The molecule has 1 fully saturated rings. The first-order valence-corrected chi connectivity index (χ1v) is 8.86. The van der Waals surface area contributed by atoms with Gasteiger partial charge in [0.05, 0.1) is 6.67 Å². The molecule has 1 rings (SSSR count). The van der Waals surface area contributed by atoms with Crippen molar-refractivity contribution in [2.45, 2.75) is 105 Å². The average Bonchev–Trinajstić information content (AvgIpc) is 2.38. The molecule has 0 saturated heterocycles. The largest absolute Gasteiger partial charge is 0.286 e. The first-order chi connectivity index (χ1) is 9.34. The third kappa shape index (κ3) is 5.04. The van der Waals surface area contributed by atoms with Gasteiger partial charge in [-0.2, -0.15) is 0 Å². The Morgan fingerprint density at radius 3 is 1.55 bits per heavy atom. The summed E-state index contributed by atoms with van der Waals surface area (Å²) >= 11 is 0. The maximum Gasteiger partial charge on any atom is 0.0516 e. The molecule has 0 unspecified atom stereocenters. The summed E-state index contributed by atoms with van der Waals surface area (Å²) in [6.07, 6.45) is 7.22. The molecule has 0 aromatic heterocycles. The van der Waals surface area contributed by atoms with E-state index in [2.05, 4.69) is 58.3 Å². The van der Waals surface area contributed by atoms with E-state index in [0.29, 0.717) is 18.1 Å². The third-order valence-electron chi connectivity index (χ3n) is 5.17. The summed E-state index contributed by atoms with van der Waals surface area (Å²) in [5.74, 6) is 0.910. The molecule has 1 aliphatic rings. The summed E-state index contributed by atoms with van der Waals surface area (Å²) in [4.78, 5) is 5.36. The van der Waals surface area contributed by atoms with Crippen LogP contribution >= 0.6 is 0 Å². The minimum Gasteiger partial charge on any atom is -0.286 e. The first-order valence-electron chi connectivity index (χ1n) is 8.86. The molecule has 0 heterocycles. The lowest BCUT2D eigenvalue weighted by Gasteiger charge is -2.44. The highest BCUT2D eigenvalue weighted by Gasteiger charge is 2.29. The lowest BCUT2D eigenvalue weighted by molar-refractivity contribution is 0.0113. The predicted octanol–water partition coefficient (Wildman–Crippen LogP) is 4.74. The van der Waals surface area contributed by atoms with E-state index < -0.39 is 0 Å². The van der Waals surface area contributed by atoms with Gasteiger partial charge in [0, 0.05) is 24.2 Å². The summed E-state index contributed by atoms with van der Waals surface area (Å²) in [5, 5.41) is 0. The molecule has 2 nitrogen and oxygen atoms in total. The number of rotatable bonds is 7. The maximum atomic E-state index is 2.73. The molecule has 20 heavy (non-hydrogen) atoms. The van der Waals surface area contributed by atoms with E-state index in [1.807, 2.05) is 0 Å². The van der Waals surface area contributed by atoms with Gasteiger partial charge in [0.15, 0.2) is 0 Å². The second kappa shape index (κ2) is 8.38. The van der Waals surface area contributed by atoms with Gasteiger partial charge in [-0.1, -0.05) is 19.3 Å². The van der Waals surface area contributed by atoms with E-state index in [1.54, 1.807) is 0 Å². The van der Waals surface area contributed by atoms with Gasteiger partial charge in [0.2, 0.25) is 0 Å². The molecular weight excluding hydrogens is 244 g/mol. The molecule has 0 bridgehead atoms. The van der Waals surface area contributed by atoms with Gasteiger partial charge in [-0.25, -0.2) is 0 Å². The van der Waals surface area contributed by atoms with E-state index >= 15 is 0 Å². The van der Waals surface area contributed by atoms with Gasteiger partial charge in [0.25, 0.3) is 0 Å². The Kier molecular flexibility index (Phi) is 7.53. The van der Waals surface area contributed by atoms with Gasteiger partial charge in [-0.05, 0) is 67.2 Å². The zero-order valence-electron chi connectivity index (χ0n) is 15.0. The van der Waals surface area contributed by atoms with Crippen molar-refractivity contribution in [3.63, 3.8) is 0 Å². The van der Waals surface area contributed by atoms with Gasteiger partial charge in [-0.3, -0.25) is 9.80 Å². The smallest absolute Gasteiger partial charge is 0.0516 e. The van der Waals surface area contributed by atoms with Crippen molar-refractivity contribution in [2.75, 3.05) is 6.67 Å². The second-order valence-corrected chi connectivity index (χ2v) is 7.59. The molecule has 0 N–H and O–H groups in total. The summed E-state index contributed by atoms with van der Waals surface area (Å²) in [7, 11) is 0. The van der Waals surface area contributed by atoms with Gasteiger partial charge in [0.1, 0.15) is 0 Å². The zero-order valence-corrected chi connectivity index (χ0v) is 15.0. The van der Waals surface area contributed by atoms with Crippen LogP contribution in [0.1, 0.15) is 80.6 Å². The van der Waals surface area contributed by atoms with Crippen molar-refractivity contribution in [1.82, 2.24) is 9.80 Å². The lowest BCUT2D eigenvalue weighted by atomic mass is 9.83. The number of hydrogen-bond donors (Lipinski definition) is 0. The minimum atomic E-state index is 0.620. The molecule has 0 spiro atoms. The first kappa shape index (κ1) is 18.0. The molecule has 120 valence electrons. The van der Waals surface area contributed by atoms with Crippen molar-refractivity contribution < 1.29 is 0 Å². The zero-order chi connectivity index (χ0) is 15.3. The van der Waals surface area contributed by atoms with Crippen LogP contribution < -0.4 is 0 Å². The normalized spacial score (nSPS) is 19.8. The van der Waals surface area contributed by atoms with E-state index in [9.17, 15) is 0 Å². The van der Waals surface area contributed by atoms with E-state index in [1.165, 1.54) is 32.1 Å². The topological polar surface area (TPSA) is 6.48 Å². The molecule has 0 radical (unpaired) electrons. The van der Waals surface area contributed by atoms with Crippen LogP contribution in [0, 0.1) is 5.92 Å². The van der Waals surface area contributed by atoms with Crippen molar-refractivity contribution in [1.29, 1.82) is 0 Å². The van der Waals surface area contributed by atoms with Crippen molar-refractivity contribution >= 4 is 0 Å². The SMILES string of the molecule is CC(C)N(CN(C(C)C)[C@H](C)C1CCCCC1)C(C)C. The molecule has 1 atom stereocenters. The molecular formula is C18H38N2. The summed E-state index contributed by atoms with van der Waals surface area (Å²) in [6, 6.07) is 2.59. The van der Waals surface area contributed by atoms with Gasteiger partial charge in [-0.15, -0.1) is 0 Å². The Balaban J connectivity index is 2.71. The molecule has 2 heteroatoms. The Bertz CT molecular complexity index is 246. The van der Waals surface area contributed by atoms with E-state index in [-0.39, 0.29) is 0 Å². The maximum absolute atomic E-state index is 2.73. The quantitative estimate of drug-likeness (QED) is 0.622. The highest BCUT2D eigenvalue weighted by molar-refractivity contribution is 4.81. The highest BCUT2D eigenvalue weighted by atomic mass is 15.3. The number of nitrogens with zero attached hydrogens (tertiary/aromatic N) is 2. The monoisotopic (exact) mass is 282 g/mol. The molecule has 0 aromatic carbocycles. The molecule has 0 aromatic rings. The molecule has 1 saturated carbocycles. The summed E-state index contributed by atoms with van der Waals surface area (Å²) in [6.45, 7) is 17.6. The Morgan fingerprint density at radius 1 is 0.700 bits per heavy atom. The molecule has 1 aliphatic carbocycles. The van der Waals surface area contributed by atoms with Crippen LogP contribution in [0.4, 0.5) is 0 Å². The van der Waals surface area contributed by atoms with Crippen LogP contribution in [-0.2, 0) is 0 Å². The third-order valence-corrected chi connectivity index (χ3v) is 5.17. The predicted molar refractivity (Wildman–Crippen MR) is 90.0 cm³/mol. The molecule has 0 aliphatic heterocycles. The standard InChI is InChI=1S/C18H38N2/c1-14(2)19(15(3)4)13-20(16(5)6)17(7)18-11-9-8-10-12-18/h14-18H,8-13H2,1-7H3/t17-/m1/s1. The van der Waals surface area contributed by atoms with Crippen LogP contribution in [0.2, 0.25) is 0 Å². The Morgan fingerprint density at radius 2 is 1.15 bits per heavy atom. The van der Waals surface area contributed by atoms with Crippen LogP contribution in [0.25, 0.3) is 0 Å². The van der Waals surface area contributed by atoms with Crippen LogP contribution in [0.5, 0.6) is 0 Å². The van der Waals surface area contributed by atoms with Crippen molar-refractivity contribution in [3.8, 4) is 0 Å². The van der Waals surface area contributed by atoms with Crippen LogP contribution in [-0.4, -0.2) is 40.6 Å². The second-order valence-electron chi connectivity index (χ2n) is 7.59. The van der Waals surface area contributed by atoms with Gasteiger partial charge >= 0.3 is 0 Å². The summed E-state index contributed by atoms with van der Waals surface area (Å²) < 4.78 is 0. The van der Waals surface area contributed by atoms with E-state index in [0.717, 1.165) is 18.6 Å².